The summed E-state index contributed by atoms with van der Waals surface area (Å²) in [7, 11) is 1.18. The molecule has 2 unspecified atom stereocenters. The molecule has 1 aliphatic heterocycles. The number of hydrogen-bond acceptors (Lipinski definition) is 5. The Labute approximate surface area is 110 Å². The van der Waals surface area contributed by atoms with Gasteiger partial charge in [-0.05, 0) is 11.6 Å². The number of aliphatic hydroxyl groups excluding tert-OH is 1. The third-order valence-electron chi connectivity index (χ3n) is 3.03. The van der Waals surface area contributed by atoms with Crippen LogP contribution in [0.5, 0.6) is 0 Å². The molecule has 0 aromatic heterocycles. The van der Waals surface area contributed by atoms with Gasteiger partial charge in [-0.25, -0.2) is 4.79 Å². The van der Waals surface area contributed by atoms with E-state index < -0.39 is 12.1 Å². The van der Waals surface area contributed by atoms with Gasteiger partial charge < -0.3 is 20.5 Å². The number of fused-ring (bicyclic) bond motifs is 1. The summed E-state index contributed by atoms with van der Waals surface area (Å²) >= 11 is 0. The number of para-hydroxylation sites is 1. The van der Waals surface area contributed by atoms with Gasteiger partial charge in [-0.3, -0.25) is 4.79 Å². The molecule has 0 aliphatic carbocycles. The Bertz CT molecular complexity index is 464. The summed E-state index contributed by atoms with van der Waals surface area (Å²) in [6.45, 7) is -0.153. The predicted octanol–water partition coefficient (Wildman–Crippen LogP) is -0.327. The Morgan fingerprint density at radius 3 is 2.95 bits per heavy atom. The molecule has 1 aromatic rings. The fraction of sp³-hybridized carbons (Fsp3) is 0.385. The number of carbonyl (C=O) groups is 2. The number of aliphatic hydroxyl groups is 1. The molecule has 1 amide bonds. The maximum Gasteiger partial charge on any atom is 0.336 e. The SMILES string of the molecule is COC(=O)C(O)CNC(=O)C1Cc2ccccc2N1. The number of esters is 1. The van der Waals surface area contributed by atoms with Crippen molar-refractivity contribution in [2.75, 3.05) is 19.0 Å². The molecule has 6 heteroatoms. The number of rotatable bonds is 4. The fourth-order valence-corrected chi connectivity index (χ4v) is 2.00. The van der Waals surface area contributed by atoms with Crippen molar-refractivity contribution in [1.82, 2.24) is 5.32 Å². The van der Waals surface area contributed by atoms with Gasteiger partial charge in [0.2, 0.25) is 5.91 Å². The summed E-state index contributed by atoms with van der Waals surface area (Å²) in [5.41, 5.74) is 2.02. The molecule has 2 atom stereocenters. The van der Waals surface area contributed by atoms with Crippen molar-refractivity contribution in [3.63, 3.8) is 0 Å². The predicted molar refractivity (Wildman–Crippen MR) is 68.6 cm³/mol. The van der Waals surface area contributed by atoms with E-state index in [-0.39, 0.29) is 18.5 Å². The maximum atomic E-state index is 11.9. The van der Waals surface area contributed by atoms with E-state index in [1.54, 1.807) is 0 Å². The molecule has 1 heterocycles. The lowest BCUT2D eigenvalue weighted by Gasteiger charge is -2.14. The highest BCUT2D eigenvalue weighted by molar-refractivity contribution is 5.87. The quantitative estimate of drug-likeness (QED) is 0.648. The topological polar surface area (TPSA) is 87.7 Å². The van der Waals surface area contributed by atoms with Gasteiger partial charge in [0.05, 0.1) is 13.7 Å². The molecular formula is C13H16N2O4. The second-order valence-corrected chi connectivity index (χ2v) is 4.34. The minimum absolute atomic E-state index is 0.153. The van der Waals surface area contributed by atoms with Crippen LogP contribution in [0.2, 0.25) is 0 Å². The second kappa shape index (κ2) is 5.71. The highest BCUT2D eigenvalue weighted by atomic mass is 16.5. The van der Waals surface area contributed by atoms with Crippen LogP contribution in [0.15, 0.2) is 24.3 Å². The van der Waals surface area contributed by atoms with Crippen molar-refractivity contribution < 1.29 is 19.4 Å². The van der Waals surface area contributed by atoms with Gasteiger partial charge in [0.15, 0.2) is 6.10 Å². The normalized spacial score (nSPS) is 18.1. The van der Waals surface area contributed by atoms with Crippen LogP contribution >= 0.6 is 0 Å². The standard InChI is InChI=1S/C13H16N2O4/c1-19-13(18)11(16)7-14-12(17)10-6-8-4-2-3-5-9(8)15-10/h2-5,10-11,15-16H,6-7H2,1H3,(H,14,17). The Morgan fingerprint density at radius 1 is 1.53 bits per heavy atom. The third kappa shape index (κ3) is 3.03. The van der Waals surface area contributed by atoms with Crippen LogP contribution in [0.3, 0.4) is 0 Å². The molecule has 0 spiro atoms. The van der Waals surface area contributed by atoms with Crippen LogP contribution in [0.25, 0.3) is 0 Å². The molecule has 0 saturated heterocycles. The van der Waals surface area contributed by atoms with E-state index in [4.69, 9.17) is 0 Å². The van der Waals surface area contributed by atoms with Crippen molar-refractivity contribution in [1.29, 1.82) is 0 Å². The van der Waals surface area contributed by atoms with Crippen LogP contribution in [0.4, 0.5) is 5.69 Å². The lowest BCUT2D eigenvalue weighted by molar-refractivity contribution is -0.150. The second-order valence-electron chi connectivity index (χ2n) is 4.34. The van der Waals surface area contributed by atoms with Crippen LogP contribution in [-0.2, 0) is 20.7 Å². The van der Waals surface area contributed by atoms with Crippen LogP contribution in [0.1, 0.15) is 5.56 Å². The average Bonchev–Trinajstić information content (AvgIpc) is 2.87. The van der Waals surface area contributed by atoms with E-state index in [1.807, 2.05) is 24.3 Å². The van der Waals surface area contributed by atoms with E-state index in [1.165, 1.54) is 7.11 Å². The number of methoxy groups -OCH3 is 1. The number of benzene rings is 1. The lowest BCUT2D eigenvalue weighted by Crippen LogP contribution is -2.43. The van der Waals surface area contributed by atoms with Gasteiger partial charge in [0.1, 0.15) is 6.04 Å². The Hall–Kier alpha value is -2.08. The van der Waals surface area contributed by atoms with E-state index in [9.17, 15) is 14.7 Å². The molecule has 1 aromatic carbocycles. The first kappa shape index (κ1) is 13.4. The van der Waals surface area contributed by atoms with Crippen LogP contribution in [-0.4, -0.2) is 42.8 Å². The molecule has 0 fully saturated rings. The smallest absolute Gasteiger partial charge is 0.336 e. The van der Waals surface area contributed by atoms with Crippen LogP contribution in [0, 0.1) is 0 Å². The van der Waals surface area contributed by atoms with E-state index in [0.717, 1.165) is 11.3 Å². The van der Waals surface area contributed by atoms with Crippen molar-refractivity contribution >= 4 is 17.6 Å². The van der Waals surface area contributed by atoms with Crippen LogP contribution < -0.4 is 10.6 Å². The highest BCUT2D eigenvalue weighted by Gasteiger charge is 2.27. The Kier molecular flexibility index (Phi) is 4.01. The van der Waals surface area contributed by atoms with Crippen molar-refractivity contribution in [2.45, 2.75) is 18.6 Å². The first-order valence-electron chi connectivity index (χ1n) is 6.00. The van der Waals surface area contributed by atoms with Crippen molar-refractivity contribution in [3.8, 4) is 0 Å². The summed E-state index contributed by atoms with van der Waals surface area (Å²) < 4.78 is 4.36. The zero-order chi connectivity index (χ0) is 13.8. The van der Waals surface area contributed by atoms with Gasteiger partial charge in [-0.15, -0.1) is 0 Å². The molecule has 102 valence electrons. The first-order valence-corrected chi connectivity index (χ1v) is 6.00. The molecule has 1 aliphatic rings. The largest absolute Gasteiger partial charge is 0.467 e. The van der Waals surface area contributed by atoms with Crippen molar-refractivity contribution in [3.05, 3.63) is 29.8 Å². The van der Waals surface area contributed by atoms with Crippen molar-refractivity contribution in [2.24, 2.45) is 0 Å². The molecule has 0 saturated carbocycles. The molecule has 0 bridgehead atoms. The molecule has 19 heavy (non-hydrogen) atoms. The summed E-state index contributed by atoms with van der Waals surface area (Å²) in [4.78, 5) is 22.9. The van der Waals surface area contributed by atoms with E-state index in [0.29, 0.717) is 6.42 Å². The average molecular weight is 264 g/mol. The third-order valence-corrected chi connectivity index (χ3v) is 3.03. The maximum absolute atomic E-state index is 11.9. The zero-order valence-electron chi connectivity index (χ0n) is 10.6. The molecule has 3 N–H and O–H groups in total. The molecule has 2 rings (SSSR count). The molecule has 6 nitrogen and oxygen atoms in total. The fourth-order valence-electron chi connectivity index (χ4n) is 2.00. The summed E-state index contributed by atoms with van der Waals surface area (Å²) in [6.07, 6.45) is -0.742. The molecular weight excluding hydrogens is 248 g/mol. The summed E-state index contributed by atoms with van der Waals surface area (Å²) in [6, 6.07) is 7.31. The van der Waals surface area contributed by atoms with E-state index >= 15 is 0 Å². The number of carbonyl (C=O) groups excluding carboxylic acids is 2. The lowest BCUT2D eigenvalue weighted by atomic mass is 10.1. The van der Waals surface area contributed by atoms with Gasteiger partial charge in [0, 0.05) is 12.1 Å². The first-order chi connectivity index (χ1) is 9.11. The zero-order valence-corrected chi connectivity index (χ0v) is 10.6. The summed E-state index contributed by atoms with van der Waals surface area (Å²) in [5.74, 6) is -1.01. The minimum atomic E-state index is -1.34. The monoisotopic (exact) mass is 264 g/mol. The number of ether oxygens (including phenoxy) is 1. The number of hydrogen-bond donors (Lipinski definition) is 3. The van der Waals surface area contributed by atoms with E-state index in [2.05, 4.69) is 15.4 Å². The minimum Gasteiger partial charge on any atom is -0.467 e. The summed E-state index contributed by atoms with van der Waals surface area (Å²) in [5, 5.41) is 15.0. The van der Waals surface area contributed by atoms with Gasteiger partial charge in [-0.1, -0.05) is 18.2 Å². The van der Waals surface area contributed by atoms with Gasteiger partial charge in [-0.2, -0.15) is 0 Å². The van der Waals surface area contributed by atoms with Gasteiger partial charge >= 0.3 is 5.97 Å². The van der Waals surface area contributed by atoms with Gasteiger partial charge in [0.25, 0.3) is 0 Å². The Balaban J connectivity index is 1.85. The molecule has 0 radical (unpaired) electrons. The number of anilines is 1. The highest BCUT2D eigenvalue weighted by Crippen LogP contribution is 2.24. The number of amides is 1. The Morgan fingerprint density at radius 2 is 2.26 bits per heavy atom. The number of nitrogens with one attached hydrogen (secondary N) is 2.